The normalized spacial score (nSPS) is 12.0. The first-order chi connectivity index (χ1) is 13.2. The van der Waals surface area contributed by atoms with Crippen molar-refractivity contribution >= 4 is 23.4 Å². The van der Waals surface area contributed by atoms with Gasteiger partial charge in [0.15, 0.2) is 0 Å². The van der Waals surface area contributed by atoms with Gasteiger partial charge in [-0.3, -0.25) is 9.59 Å². The summed E-state index contributed by atoms with van der Waals surface area (Å²) in [7, 11) is 0. The van der Waals surface area contributed by atoms with Crippen molar-refractivity contribution in [3.63, 3.8) is 0 Å². The van der Waals surface area contributed by atoms with E-state index in [0.29, 0.717) is 5.56 Å². The number of halogens is 3. The van der Waals surface area contributed by atoms with Crippen LogP contribution in [0.3, 0.4) is 0 Å². The minimum Gasteiger partial charge on any atom is -0.352 e. The van der Waals surface area contributed by atoms with Crippen molar-refractivity contribution < 1.29 is 18.4 Å². The lowest BCUT2D eigenvalue weighted by Crippen LogP contribution is -2.49. The van der Waals surface area contributed by atoms with Gasteiger partial charge in [-0.25, -0.2) is 8.78 Å². The molecule has 1 N–H and O–H groups in total. The lowest BCUT2D eigenvalue weighted by atomic mass is 10.1. The summed E-state index contributed by atoms with van der Waals surface area (Å²) in [5.41, 5.74) is 0.730. The molecule has 2 rings (SSSR count). The summed E-state index contributed by atoms with van der Waals surface area (Å²) in [6, 6.07) is 8.94. The molecule has 0 heterocycles. The molecule has 7 heteroatoms. The summed E-state index contributed by atoms with van der Waals surface area (Å²) in [6.45, 7) is 5.31. The number of nitrogens with zero attached hydrogens (tertiary/aromatic N) is 1. The molecule has 1 atom stereocenters. The second kappa shape index (κ2) is 9.64. The number of rotatable bonds is 7. The van der Waals surface area contributed by atoms with Gasteiger partial charge in [-0.05, 0) is 50.6 Å². The summed E-state index contributed by atoms with van der Waals surface area (Å²) >= 11 is 6.04. The second-order valence-electron chi connectivity index (χ2n) is 6.86. The van der Waals surface area contributed by atoms with Crippen LogP contribution in [0, 0.1) is 11.6 Å². The third-order valence-electron chi connectivity index (χ3n) is 4.25. The molecule has 0 spiro atoms. The Balaban J connectivity index is 2.29. The molecule has 150 valence electrons. The van der Waals surface area contributed by atoms with Gasteiger partial charge in [0.25, 0.3) is 0 Å². The Bertz CT molecular complexity index is 821. The van der Waals surface area contributed by atoms with Crippen LogP contribution in [-0.4, -0.2) is 28.8 Å². The molecule has 0 aliphatic rings. The van der Waals surface area contributed by atoms with Crippen molar-refractivity contribution in [1.82, 2.24) is 10.2 Å². The van der Waals surface area contributed by atoms with E-state index in [1.165, 1.54) is 35.2 Å². The van der Waals surface area contributed by atoms with Crippen LogP contribution in [0.15, 0.2) is 42.5 Å². The summed E-state index contributed by atoms with van der Waals surface area (Å²) in [4.78, 5) is 26.8. The molecule has 0 saturated carbocycles. The number of hydrogen-bond acceptors (Lipinski definition) is 2. The van der Waals surface area contributed by atoms with Crippen LogP contribution in [0.1, 0.15) is 31.9 Å². The van der Waals surface area contributed by atoms with Crippen molar-refractivity contribution in [3.8, 4) is 0 Å². The molecule has 0 unspecified atom stereocenters. The van der Waals surface area contributed by atoms with E-state index in [2.05, 4.69) is 5.32 Å². The summed E-state index contributed by atoms with van der Waals surface area (Å²) in [5, 5.41) is 2.91. The molecule has 0 aliphatic carbocycles. The first-order valence-electron chi connectivity index (χ1n) is 8.96. The Hall–Kier alpha value is -2.47. The first kappa shape index (κ1) is 21.8. The lowest BCUT2D eigenvalue weighted by molar-refractivity contribution is -0.140. The highest BCUT2D eigenvalue weighted by Gasteiger charge is 2.27. The van der Waals surface area contributed by atoms with Crippen molar-refractivity contribution in [2.75, 3.05) is 0 Å². The van der Waals surface area contributed by atoms with E-state index in [-0.39, 0.29) is 35.5 Å². The fraction of sp³-hybridized carbons (Fsp3) is 0.333. The maximum atomic E-state index is 14.1. The Morgan fingerprint density at radius 2 is 1.71 bits per heavy atom. The number of carbonyl (C=O) groups is 2. The summed E-state index contributed by atoms with van der Waals surface area (Å²) in [6.07, 6.45) is -0.286. The van der Waals surface area contributed by atoms with Crippen LogP contribution in [0.5, 0.6) is 0 Å². The summed E-state index contributed by atoms with van der Waals surface area (Å²) < 4.78 is 27.3. The molecule has 0 aromatic heterocycles. The molecule has 0 fully saturated rings. The van der Waals surface area contributed by atoms with Gasteiger partial charge in [0, 0.05) is 23.2 Å². The molecule has 4 nitrogen and oxygen atoms in total. The van der Waals surface area contributed by atoms with Crippen molar-refractivity contribution in [3.05, 3.63) is 70.2 Å². The smallest absolute Gasteiger partial charge is 0.242 e. The van der Waals surface area contributed by atoms with E-state index in [1.54, 1.807) is 19.1 Å². The highest BCUT2D eigenvalue weighted by atomic mass is 35.5. The molecule has 2 amide bonds. The lowest BCUT2D eigenvalue weighted by Gasteiger charge is -2.29. The van der Waals surface area contributed by atoms with Crippen LogP contribution < -0.4 is 5.32 Å². The molecule has 0 aliphatic heterocycles. The average molecular weight is 409 g/mol. The largest absolute Gasteiger partial charge is 0.352 e. The Morgan fingerprint density at radius 3 is 2.29 bits per heavy atom. The van der Waals surface area contributed by atoms with E-state index in [1.807, 2.05) is 13.8 Å². The zero-order valence-corrected chi connectivity index (χ0v) is 16.8. The van der Waals surface area contributed by atoms with Crippen LogP contribution >= 0.6 is 11.6 Å². The molecular formula is C21H23ClF2N2O2. The molecule has 2 aromatic rings. The minimum absolute atomic E-state index is 0.0785. The molecule has 28 heavy (non-hydrogen) atoms. The maximum absolute atomic E-state index is 14.1. The van der Waals surface area contributed by atoms with Crippen molar-refractivity contribution in [2.45, 2.75) is 45.8 Å². The van der Waals surface area contributed by atoms with Gasteiger partial charge in [0.2, 0.25) is 11.8 Å². The third-order valence-corrected chi connectivity index (χ3v) is 4.61. The molecule has 0 radical (unpaired) electrons. The van der Waals surface area contributed by atoms with Gasteiger partial charge >= 0.3 is 0 Å². The van der Waals surface area contributed by atoms with Gasteiger partial charge < -0.3 is 10.2 Å². The van der Waals surface area contributed by atoms with Gasteiger partial charge in [-0.15, -0.1) is 0 Å². The molecule has 0 saturated heterocycles. The quantitative estimate of drug-likeness (QED) is 0.749. The van der Waals surface area contributed by atoms with E-state index in [4.69, 9.17) is 11.6 Å². The van der Waals surface area contributed by atoms with Gasteiger partial charge in [-0.2, -0.15) is 0 Å². The van der Waals surface area contributed by atoms with Crippen LogP contribution in [-0.2, 0) is 22.6 Å². The van der Waals surface area contributed by atoms with E-state index >= 15 is 0 Å². The fourth-order valence-electron chi connectivity index (χ4n) is 2.73. The van der Waals surface area contributed by atoms with Crippen molar-refractivity contribution in [1.29, 1.82) is 0 Å². The number of carbonyl (C=O) groups excluding carboxylic acids is 2. The second-order valence-corrected chi connectivity index (χ2v) is 7.27. The minimum atomic E-state index is -0.800. The number of nitrogens with one attached hydrogen (secondary N) is 1. The van der Waals surface area contributed by atoms with E-state index < -0.39 is 23.6 Å². The van der Waals surface area contributed by atoms with E-state index in [0.717, 1.165) is 0 Å². The predicted octanol–water partition coefficient (Wildman–Crippen LogP) is 4.10. The van der Waals surface area contributed by atoms with Crippen LogP contribution in [0.2, 0.25) is 5.02 Å². The molecule has 0 bridgehead atoms. The summed E-state index contributed by atoms with van der Waals surface area (Å²) in [5.74, 6) is -1.76. The van der Waals surface area contributed by atoms with Crippen LogP contribution in [0.4, 0.5) is 8.78 Å². The zero-order valence-electron chi connectivity index (χ0n) is 16.0. The molecule has 2 aromatic carbocycles. The van der Waals surface area contributed by atoms with Crippen molar-refractivity contribution in [2.24, 2.45) is 0 Å². The third kappa shape index (κ3) is 5.76. The monoisotopic (exact) mass is 408 g/mol. The maximum Gasteiger partial charge on any atom is 0.242 e. The average Bonchev–Trinajstić information content (AvgIpc) is 2.63. The Labute approximate surface area is 168 Å². The Kier molecular flexibility index (Phi) is 7.52. The van der Waals surface area contributed by atoms with Gasteiger partial charge in [-0.1, -0.05) is 29.8 Å². The van der Waals surface area contributed by atoms with Gasteiger partial charge in [0.05, 0.1) is 6.42 Å². The number of amides is 2. The SMILES string of the molecule is CC(C)NC(=O)[C@H](C)N(Cc1ccc(F)cc1)C(=O)Cc1c(F)cccc1Cl. The topological polar surface area (TPSA) is 49.4 Å². The zero-order chi connectivity index (χ0) is 20.8. The molecular weight excluding hydrogens is 386 g/mol. The Morgan fingerprint density at radius 1 is 1.07 bits per heavy atom. The predicted molar refractivity (Wildman–Crippen MR) is 105 cm³/mol. The standard InChI is InChI=1S/C21H23ClF2N2O2/c1-13(2)25-21(28)14(3)26(12-15-7-9-16(23)10-8-15)20(27)11-17-18(22)5-4-6-19(17)24/h4-10,13-14H,11-12H2,1-3H3,(H,25,28)/t14-/m0/s1. The number of hydrogen-bond donors (Lipinski definition) is 1. The first-order valence-corrected chi connectivity index (χ1v) is 9.34. The highest BCUT2D eigenvalue weighted by molar-refractivity contribution is 6.31. The van der Waals surface area contributed by atoms with Crippen LogP contribution in [0.25, 0.3) is 0 Å². The highest BCUT2D eigenvalue weighted by Crippen LogP contribution is 2.21. The number of benzene rings is 2. The fourth-order valence-corrected chi connectivity index (χ4v) is 2.96. The van der Waals surface area contributed by atoms with Gasteiger partial charge in [0.1, 0.15) is 17.7 Å². The van der Waals surface area contributed by atoms with E-state index in [9.17, 15) is 18.4 Å².